The van der Waals surface area contributed by atoms with Gasteiger partial charge in [0.05, 0.1) is 18.8 Å². The Morgan fingerprint density at radius 2 is 1.32 bits per heavy atom. The van der Waals surface area contributed by atoms with Crippen molar-refractivity contribution in [1.82, 2.24) is 0 Å². The molecular weight excluding hydrogens is 388 g/mol. The highest BCUT2D eigenvalue weighted by molar-refractivity contribution is 5.66. The standard InChI is InChI=1S/C27H28O4/c1-20-26(31-21(2)28)18-25(30-20)19-29-27(22-12-6-3-7-13-22,23-14-8-4-9-15-23)24-16-10-5-11-17-24/h3-17,20,25-26H,18-19H2,1-2H3/t20-,25-,26+/m0/s1. The smallest absolute Gasteiger partial charge is 0.302 e. The van der Waals surface area contributed by atoms with Crippen LogP contribution in [0.3, 0.4) is 0 Å². The van der Waals surface area contributed by atoms with E-state index in [9.17, 15) is 4.79 Å². The third-order valence-electron chi connectivity index (χ3n) is 5.77. The molecule has 31 heavy (non-hydrogen) atoms. The molecule has 3 aromatic rings. The maximum atomic E-state index is 11.4. The van der Waals surface area contributed by atoms with Gasteiger partial charge in [-0.05, 0) is 23.6 Å². The Morgan fingerprint density at radius 1 is 0.871 bits per heavy atom. The summed E-state index contributed by atoms with van der Waals surface area (Å²) in [6.07, 6.45) is 0.0625. The SMILES string of the molecule is CC(=O)O[C@@H]1C[C@@H](COC(c2ccccc2)(c2ccccc2)c2ccccc2)O[C@H]1C. The first-order valence-electron chi connectivity index (χ1n) is 10.7. The van der Waals surface area contributed by atoms with Crippen LogP contribution < -0.4 is 0 Å². The summed E-state index contributed by atoms with van der Waals surface area (Å²) in [6.45, 7) is 3.75. The van der Waals surface area contributed by atoms with E-state index in [1.807, 2.05) is 61.5 Å². The Morgan fingerprint density at radius 3 is 1.74 bits per heavy atom. The minimum atomic E-state index is -0.782. The van der Waals surface area contributed by atoms with Crippen LogP contribution in [0.25, 0.3) is 0 Å². The summed E-state index contributed by atoms with van der Waals surface area (Å²) in [4.78, 5) is 11.4. The average molecular weight is 417 g/mol. The molecule has 3 atom stereocenters. The molecule has 1 fully saturated rings. The van der Waals surface area contributed by atoms with Gasteiger partial charge in [-0.15, -0.1) is 0 Å². The van der Waals surface area contributed by atoms with Crippen LogP contribution in [0, 0.1) is 0 Å². The van der Waals surface area contributed by atoms with Gasteiger partial charge >= 0.3 is 5.97 Å². The van der Waals surface area contributed by atoms with E-state index in [1.54, 1.807) is 0 Å². The largest absolute Gasteiger partial charge is 0.460 e. The Kier molecular flexibility index (Phi) is 6.50. The van der Waals surface area contributed by atoms with Crippen molar-refractivity contribution in [2.24, 2.45) is 0 Å². The van der Waals surface area contributed by atoms with Crippen LogP contribution in [0.4, 0.5) is 0 Å². The third kappa shape index (κ3) is 4.55. The Bertz CT molecular complexity index is 875. The second kappa shape index (κ2) is 9.46. The van der Waals surface area contributed by atoms with Gasteiger partial charge < -0.3 is 14.2 Å². The molecule has 0 aromatic heterocycles. The van der Waals surface area contributed by atoms with E-state index < -0.39 is 5.60 Å². The molecule has 0 bridgehead atoms. The van der Waals surface area contributed by atoms with Crippen molar-refractivity contribution in [2.45, 2.75) is 44.2 Å². The van der Waals surface area contributed by atoms with Gasteiger partial charge in [-0.25, -0.2) is 0 Å². The van der Waals surface area contributed by atoms with E-state index in [2.05, 4.69) is 36.4 Å². The molecule has 0 N–H and O–H groups in total. The molecule has 4 rings (SSSR count). The molecule has 1 saturated heterocycles. The first-order valence-corrected chi connectivity index (χ1v) is 10.7. The quantitative estimate of drug-likeness (QED) is 0.397. The Labute approximate surface area is 183 Å². The molecule has 160 valence electrons. The number of hydrogen-bond acceptors (Lipinski definition) is 4. The lowest BCUT2D eigenvalue weighted by Gasteiger charge is -2.36. The van der Waals surface area contributed by atoms with Crippen LogP contribution in [0.2, 0.25) is 0 Å². The number of ether oxygens (including phenoxy) is 3. The number of carbonyl (C=O) groups is 1. The van der Waals surface area contributed by atoms with E-state index in [0.717, 1.165) is 16.7 Å². The van der Waals surface area contributed by atoms with Crippen molar-refractivity contribution in [3.8, 4) is 0 Å². The summed E-state index contributed by atoms with van der Waals surface area (Å²) in [5.41, 5.74) is 2.37. The average Bonchev–Trinajstić information content (AvgIpc) is 3.15. The molecule has 0 radical (unpaired) electrons. The highest BCUT2D eigenvalue weighted by Gasteiger charge is 2.41. The first kappa shape index (κ1) is 21.3. The summed E-state index contributed by atoms with van der Waals surface area (Å²) in [6, 6.07) is 30.8. The number of carbonyl (C=O) groups excluding carboxylic acids is 1. The molecule has 0 aliphatic carbocycles. The zero-order valence-corrected chi connectivity index (χ0v) is 17.9. The molecule has 4 nitrogen and oxygen atoms in total. The first-order chi connectivity index (χ1) is 15.1. The van der Waals surface area contributed by atoms with E-state index in [-0.39, 0.29) is 24.3 Å². The normalized spacial score (nSPS) is 21.0. The van der Waals surface area contributed by atoms with E-state index >= 15 is 0 Å². The summed E-state index contributed by atoms with van der Waals surface area (Å²) >= 11 is 0. The Hall–Kier alpha value is -2.95. The monoisotopic (exact) mass is 416 g/mol. The minimum absolute atomic E-state index is 0.155. The molecule has 0 saturated carbocycles. The number of esters is 1. The minimum Gasteiger partial charge on any atom is -0.460 e. The predicted octanol–water partition coefficient (Wildman–Crippen LogP) is 5.10. The Balaban J connectivity index is 1.70. The van der Waals surface area contributed by atoms with Crippen LogP contribution in [0.1, 0.15) is 37.0 Å². The molecule has 0 amide bonds. The second-order valence-corrected chi connectivity index (χ2v) is 7.94. The molecule has 1 aliphatic rings. The number of rotatable bonds is 7. The van der Waals surface area contributed by atoms with Crippen molar-refractivity contribution >= 4 is 5.97 Å². The number of hydrogen-bond donors (Lipinski definition) is 0. The van der Waals surface area contributed by atoms with Gasteiger partial charge in [0.2, 0.25) is 0 Å². The van der Waals surface area contributed by atoms with Crippen LogP contribution in [0.5, 0.6) is 0 Å². The highest BCUT2D eigenvalue weighted by Crippen LogP contribution is 2.41. The second-order valence-electron chi connectivity index (χ2n) is 7.94. The van der Waals surface area contributed by atoms with Crippen molar-refractivity contribution in [3.63, 3.8) is 0 Å². The molecular formula is C27H28O4. The topological polar surface area (TPSA) is 44.8 Å². The van der Waals surface area contributed by atoms with Crippen molar-refractivity contribution < 1.29 is 19.0 Å². The lowest BCUT2D eigenvalue weighted by molar-refractivity contribution is -0.148. The maximum Gasteiger partial charge on any atom is 0.302 e. The van der Waals surface area contributed by atoms with E-state index in [0.29, 0.717) is 13.0 Å². The summed E-state index contributed by atoms with van der Waals surface area (Å²) in [7, 11) is 0. The summed E-state index contributed by atoms with van der Waals surface area (Å²) < 4.78 is 18.3. The van der Waals surface area contributed by atoms with Gasteiger partial charge in [-0.2, -0.15) is 0 Å². The molecule has 4 heteroatoms. The van der Waals surface area contributed by atoms with Crippen LogP contribution in [0.15, 0.2) is 91.0 Å². The summed E-state index contributed by atoms with van der Waals surface area (Å²) in [5, 5.41) is 0. The van der Waals surface area contributed by atoms with Gasteiger partial charge in [-0.3, -0.25) is 4.79 Å². The van der Waals surface area contributed by atoms with Crippen molar-refractivity contribution in [2.75, 3.05) is 6.61 Å². The molecule has 1 heterocycles. The van der Waals surface area contributed by atoms with E-state index in [4.69, 9.17) is 14.2 Å². The van der Waals surface area contributed by atoms with Gasteiger partial charge in [0.1, 0.15) is 11.7 Å². The zero-order chi connectivity index (χ0) is 21.7. The van der Waals surface area contributed by atoms with E-state index in [1.165, 1.54) is 6.92 Å². The van der Waals surface area contributed by atoms with Gasteiger partial charge in [-0.1, -0.05) is 91.0 Å². The lowest BCUT2D eigenvalue weighted by Crippen LogP contribution is -2.35. The van der Waals surface area contributed by atoms with Gasteiger partial charge in [0, 0.05) is 13.3 Å². The lowest BCUT2D eigenvalue weighted by atomic mass is 9.80. The van der Waals surface area contributed by atoms with Gasteiger partial charge in [0.15, 0.2) is 0 Å². The van der Waals surface area contributed by atoms with Crippen LogP contribution in [-0.4, -0.2) is 30.9 Å². The zero-order valence-electron chi connectivity index (χ0n) is 17.9. The fraction of sp³-hybridized carbons (Fsp3) is 0.296. The van der Waals surface area contributed by atoms with Crippen LogP contribution in [-0.2, 0) is 24.6 Å². The molecule has 1 aliphatic heterocycles. The maximum absolute atomic E-state index is 11.4. The molecule has 3 aromatic carbocycles. The summed E-state index contributed by atoms with van der Waals surface area (Å²) in [5.74, 6) is -0.283. The number of benzene rings is 3. The van der Waals surface area contributed by atoms with Crippen molar-refractivity contribution in [1.29, 1.82) is 0 Å². The highest BCUT2D eigenvalue weighted by atomic mass is 16.6. The van der Waals surface area contributed by atoms with Crippen LogP contribution >= 0.6 is 0 Å². The molecule has 0 unspecified atom stereocenters. The van der Waals surface area contributed by atoms with Crippen molar-refractivity contribution in [3.05, 3.63) is 108 Å². The third-order valence-corrected chi connectivity index (χ3v) is 5.77. The van der Waals surface area contributed by atoms with Gasteiger partial charge in [0.25, 0.3) is 0 Å². The molecule has 0 spiro atoms. The fourth-order valence-electron chi connectivity index (χ4n) is 4.35. The predicted molar refractivity (Wildman–Crippen MR) is 120 cm³/mol. The fourth-order valence-corrected chi connectivity index (χ4v) is 4.35.